The summed E-state index contributed by atoms with van der Waals surface area (Å²) in [6.45, 7) is 3.83. The molecule has 0 aromatic carbocycles. The Morgan fingerprint density at radius 3 is 2.58 bits per heavy atom. The van der Waals surface area contributed by atoms with E-state index in [9.17, 15) is 4.39 Å². The third kappa shape index (κ3) is 2.17. The average molecular weight is 175 g/mol. The van der Waals surface area contributed by atoms with Crippen molar-refractivity contribution in [1.82, 2.24) is 0 Å². The van der Waals surface area contributed by atoms with Gasteiger partial charge in [-0.1, -0.05) is 6.92 Å². The number of hydrogen-bond acceptors (Lipinski definition) is 2. The molecule has 0 aromatic rings. The molecule has 1 fully saturated rings. The first-order chi connectivity index (χ1) is 5.69. The maximum Gasteiger partial charge on any atom is 0.107 e. The lowest BCUT2D eigenvalue weighted by Gasteiger charge is -2.36. The highest BCUT2D eigenvalue weighted by atomic mass is 19.1. The van der Waals surface area contributed by atoms with Gasteiger partial charge in [0, 0.05) is 18.6 Å². The molecule has 72 valence electrons. The van der Waals surface area contributed by atoms with E-state index < -0.39 is 6.17 Å². The molecule has 3 heteroatoms. The maximum absolute atomic E-state index is 13.5. The number of ether oxygens (including phenoxy) is 1. The van der Waals surface area contributed by atoms with E-state index >= 15 is 0 Å². The Labute approximate surface area is 73.3 Å². The van der Waals surface area contributed by atoms with Crippen molar-refractivity contribution in [1.29, 1.82) is 0 Å². The molecule has 0 saturated carbocycles. The molecule has 0 spiro atoms. The summed E-state index contributed by atoms with van der Waals surface area (Å²) >= 11 is 0. The van der Waals surface area contributed by atoms with Gasteiger partial charge in [0.2, 0.25) is 0 Å². The minimum absolute atomic E-state index is 0.183. The third-order valence-electron chi connectivity index (χ3n) is 2.81. The van der Waals surface area contributed by atoms with Crippen LogP contribution >= 0.6 is 0 Å². The smallest absolute Gasteiger partial charge is 0.107 e. The van der Waals surface area contributed by atoms with Crippen LogP contribution in [0.1, 0.15) is 26.2 Å². The molecule has 0 amide bonds. The summed E-state index contributed by atoms with van der Waals surface area (Å²) in [6, 6.07) is 0. The van der Waals surface area contributed by atoms with Gasteiger partial charge in [0.05, 0.1) is 0 Å². The van der Waals surface area contributed by atoms with Crippen LogP contribution in [0.15, 0.2) is 0 Å². The van der Waals surface area contributed by atoms with Gasteiger partial charge in [0.25, 0.3) is 0 Å². The first-order valence-corrected chi connectivity index (χ1v) is 4.61. The fourth-order valence-corrected chi connectivity index (χ4v) is 1.65. The predicted molar refractivity (Wildman–Crippen MR) is 46.7 cm³/mol. The lowest BCUT2D eigenvalue weighted by molar-refractivity contribution is -0.0209. The number of rotatable bonds is 3. The number of nitrogens with two attached hydrogens (primary N) is 1. The Bertz CT molecular complexity index is 134. The number of alkyl halides is 1. The van der Waals surface area contributed by atoms with E-state index in [0.29, 0.717) is 26.2 Å². The monoisotopic (exact) mass is 175 g/mol. The highest BCUT2D eigenvalue weighted by molar-refractivity contribution is 4.84. The SMILES string of the molecule is CC1(C(F)CCN)CCOCC1. The second-order valence-electron chi connectivity index (χ2n) is 3.81. The normalized spacial score (nSPS) is 25.2. The van der Waals surface area contributed by atoms with Gasteiger partial charge in [-0.25, -0.2) is 4.39 Å². The second kappa shape index (κ2) is 4.19. The fraction of sp³-hybridized carbons (Fsp3) is 1.00. The molecule has 0 radical (unpaired) electrons. The Balaban J connectivity index is 2.44. The molecule has 1 rings (SSSR count). The summed E-state index contributed by atoms with van der Waals surface area (Å²) in [5.41, 5.74) is 5.14. The molecule has 1 aliphatic rings. The van der Waals surface area contributed by atoms with Crippen molar-refractivity contribution in [2.75, 3.05) is 19.8 Å². The van der Waals surface area contributed by atoms with Gasteiger partial charge in [-0.2, -0.15) is 0 Å². The van der Waals surface area contributed by atoms with Crippen LogP contribution in [0.4, 0.5) is 4.39 Å². The maximum atomic E-state index is 13.5. The molecule has 0 aromatic heterocycles. The van der Waals surface area contributed by atoms with Crippen LogP contribution in [0, 0.1) is 5.41 Å². The van der Waals surface area contributed by atoms with Gasteiger partial charge in [0.15, 0.2) is 0 Å². The standard InChI is InChI=1S/C9H18FNO/c1-9(8(10)2-5-11)3-6-12-7-4-9/h8H,2-7,11H2,1H3. The zero-order chi connectivity index (χ0) is 9.03. The van der Waals surface area contributed by atoms with E-state index in [0.717, 1.165) is 12.8 Å². The van der Waals surface area contributed by atoms with Gasteiger partial charge in [-0.05, 0) is 25.8 Å². The summed E-state index contributed by atoms with van der Waals surface area (Å²) < 4.78 is 18.7. The number of halogens is 1. The highest BCUT2D eigenvalue weighted by Crippen LogP contribution is 2.36. The van der Waals surface area contributed by atoms with Crippen molar-refractivity contribution < 1.29 is 9.13 Å². The van der Waals surface area contributed by atoms with Gasteiger partial charge < -0.3 is 10.5 Å². The third-order valence-corrected chi connectivity index (χ3v) is 2.81. The van der Waals surface area contributed by atoms with Crippen LogP contribution in [0.25, 0.3) is 0 Å². The molecule has 2 nitrogen and oxygen atoms in total. The van der Waals surface area contributed by atoms with E-state index in [1.807, 2.05) is 6.92 Å². The highest BCUT2D eigenvalue weighted by Gasteiger charge is 2.35. The second-order valence-corrected chi connectivity index (χ2v) is 3.81. The molecule has 1 unspecified atom stereocenters. The average Bonchev–Trinajstić information content (AvgIpc) is 2.06. The molecule has 0 aliphatic carbocycles. The van der Waals surface area contributed by atoms with Gasteiger partial charge in [-0.15, -0.1) is 0 Å². The van der Waals surface area contributed by atoms with Crippen LogP contribution in [0.2, 0.25) is 0 Å². The Hall–Kier alpha value is -0.150. The predicted octanol–water partition coefficient (Wildman–Crippen LogP) is 1.49. The molecule has 2 N–H and O–H groups in total. The largest absolute Gasteiger partial charge is 0.381 e. The number of hydrogen-bond donors (Lipinski definition) is 1. The summed E-state index contributed by atoms with van der Waals surface area (Å²) in [6.07, 6.45) is 1.38. The van der Waals surface area contributed by atoms with E-state index in [1.165, 1.54) is 0 Å². The van der Waals surface area contributed by atoms with Crippen molar-refractivity contribution in [2.45, 2.75) is 32.4 Å². The minimum atomic E-state index is -0.758. The van der Waals surface area contributed by atoms with Crippen molar-refractivity contribution >= 4 is 0 Å². The zero-order valence-electron chi connectivity index (χ0n) is 7.68. The summed E-state index contributed by atoms with van der Waals surface area (Å²) in [5.74, 6) is 0. The first kappa shape index (κ1) is 9.93. The molecule has 0 bridgehead atoms. The Morgan fingerprint density at radius 2 is 2.08 bits per heavy atom. The Morgan fingerprint density at radius 1 is 1.50 bits per heavy atom. The topological polar surface area (TPSA) is 35.2 Å². The molecule has 1 saturated heterocycles. The minimum Gasteiger partial charge on any atom is -0.381 e. The lowest BCUT2D eigenvalue weighted by Crippen LogP contribution is -2.36. The van der Waals surface area contributed by atoms with Crippen LogP contribution in [0.5, 0.6) is 0 Å². The lowest BCUT2D eigenvalue weighted by atomic mass is 9.77. The molecular weight excluding hydrogens is 157 g/mol. The molecule has 12 heavy (non-hydrogen) atoms. The van der Waals surface area contributed by atoms with Gasteiger partial charge >= 0.3 is 0 Å². The molecule has 1 heterocycles. The fourth-order valence-electron chi connectivity index (χ4n) is 1.65. The van der Waals surface area contributed by atoms with E-state index in [1.54, 1.807) is 0 Å². The van der Waals surface area contributed by atoms with Gasteiger partial charge in [0.1, 0.15) is 6.17 Å². The van der Waals surface area contributed by atoms with E-state index in [-0.39, 0.29) is 5.41 Å². The Kier molecular flexibility index (Phi) is 3.47. The molecule has 1 atom stereocenters. The summed E-state index contributed by atoms with van der Waals surface area (Å²) in [5, 5.41) is 0. The van der Waals surface area contributed by atoms with Crippen molar-refractivity contribution in [2.24, 2.45) is 11.1 Å². The van der Waals surface area contributed by atoms with Crippen molar-refractivity contribution in [3.8, 4) is 0 Å². The van der Waals surface area contributed by atoms with Crippen molar-refractivity contribution in [3.63, 3.8) is 0 Å². The van der Waals surface area contributed by atoms with Gasteiger partial charge in [-0.3, -0.25) is 0 Å². The van der Waals surface area contributed by atoms with Crippen LogP contribution in [-0.2, 0) is 4.74 Å². The summed E-state index contributed by atoms with van der Waals surface area (Å²) in [4.78, 5) is 0. The molecule has 1 aliphatic heterocycles. The zero-order valence-corrected chi connectivity index (χ0v) is 7.68. The van der Waals surface area contributed by atoms with Crippen LogP contribution in [0.3, 0.4) is 0 Å². The summed E-state index contributed by atoms with van der Waals surface area (Å²) in [7, 11) is 0. The molecular formula is C9H18FNO. The van der Waals surface area contributed by atoms with E-state index in [2.05, 4.69) is 0 Å². The quantitative estimate of drug-likeness (QED) is 0.705. The van der Waals surface area contributed by atoms with Crippen LogP contribution in [-0.4, -0.2) is 25.9 Å². The van der Waals surface area contributed by atoms with E-state index in [4.69, 9.17) is 10.5 Å². The van der Waals surface area contributed by atoms with Crippen molar-refractivity contribution in [3.05, 3.63) is 0 Å². The van der Waals surface area contributed by atoms with Crippen LogP contribution < -0.4 is 5.73 Å². The first-order valence-electron chi connectivity index (χ1n) is 4.61.